The van der Waals surface area contributed by atoms with Crippen LogP contribution >= 0.6 is 23.2 Å². The second kappa shape index (κ2) is 7.73. The molecule has 134 valence electrons. The highest BCUT2D eigenvalue weighted by atomic mass is 35.5. The number of hydrogen-bond donors (Lipinski definition) is 1. The monoisotopic (exact) mass is 380 g/mol. The molecule has 1 aromatic heterocycles. The van der Waals surface area contributed by atoms with Gasteiger partial charge in [0, 0.05) is 27.8 Å². The van der Waals surface area contributed by atoms with Gasteiger partial charge in [0.25, 0.3) is 0 Å². The molecule has 1 unspecified atom stereocenters. The zero-order valence-electron chi connectivity index (χ0n) is 15.0. The molecule has 0 radical (unpaired) electrons. The van der Waals surface area contributed by atoms with Crippen molar-refractivity contribution in [1.82, 2.24) is 9.88 Å². The van der Waals surface area contributed by atoms with E-state index in [9.17, 15) is 9.59 Å². The summed E-state index contributed by atoms with van der Waals surface area (Å²) in [6, 6.07) is 4.97. The molecule has 0 aliphatic carbocycles. The molecule has 2 aromatic rings. The van der Waals surface area contributed by atoms with E-state index in [2.05, 4.69) is 4.98 Å². The van der Waals surface area contributed by atoms with Gasteiger partial charge in [0.2, 0.25) is 0 Å². The Morgan fingerprint density at radius 2 is 1.72 bits per heavy atom. The topological polar surface area (TPSA) is 53.2 Å². The summed E-state index contributed by atoms with van der Waals surface area (Å²) in [5, 5.41) is 1.13. The predicted octanol–water partition coefficient (Wildman–Crippen LogP) is 4.84. The van der Waals surface area contributed by atoms with Crippen LogP contribution in [0.25, 0.3) is 0 Å². The van der Waals surface area contributed by atoms with Gasteiger partial charge in [-0.15, -0.1) is 0 Å². The molecule has 1 aromatic carbocycles. The molecule has 0 bridgehead atoms. The van der Waals surface area contributed by atoms with Crippen LogP contribution in [0.15, 0.2) is 18.2 Å². The van der Waals surface area contributed by atoms with Gasteiger partial charge in [-0.25, -0.2) is 0 Å². The minimum absolute atomic E-state index is 0.0418. The average Bonchev–Trinajstić information content (AvgIpc) is 2.79. The molecule has 0 spiro atoms. The molecule has 1 heterocycles. The summed E-state index contributed by atoms with van der Waals surface area (Å²) in [6.45, 7) is 7.50. The number of H-pyrrole nitrogens is 1. The minimum Gasteiger partial charge on any atom is -0.355 e. The third-order valence-corrected chi connectivity index (χ3v) is 4.87. The first-order valence-electron chi connectivity index (χ1n) is 8.01. The van der Waals surface area contributed by atoms with E-state index >= 15 is 0 Å². The highest BCUT2D eigenvalue weighted by Crippen LogP contribution is 2.23. The molecule has 0 fully saturated rings. The van der Waals surface area contributed by atoms with E-state index in [1.165, 1.54) is 6.92 Å². The maximum Gasteiger partial charge on any atom is 0.196 e. The summed E-state index contributed by atoms with van der Waals surface area (Å²) in [5.74, 6) is -0.0939. The first-order chi connectivity index (χ1) is 11.6. The number of carbonyl (C=O) groups excluding carboxylic acids is 2. The van der Waals surface area contributed by atoms with Gasteiger partial charge >= 0.3 is 0 Å². The van der Waals surface area contributed by atoms with Gasteiger partial charge in [0.15, 0.2) is 11.6 Å². The fraction of sp³-hybridized carbons (Fsp3) is 0.368. The van der Waals surface area contributed by atoms with Gasteiger partial charge in [0.05, 0.1) is 11.7 Å². The molecule has 25 heavy (non-hydrogen) atoms. The van der Waals surface area contributed by atoms with E-state index in [-0.39, 0.29) is 17.6 Å². The number of aromatic nitrogens is 1. The quantitative estimate of drug-likeness (QED) is 0.729. The van der Waals surface area contributed by atoms with Crippen molar-refractivity contribution < 1.29 is 9.59 Å². The van der Waals surface area contributed by atoms with Crippen LogP contribution in [0.2, 0.25) is 10.0 Å². The van der Waals surface area contributed by atoms with Crippen LogP contribution in [0.3, 0.4) is 0 Å². The number of benzene rings is 1. The zero-order chi connectivity index (χ0) is 18.9. The Hall–Kier alpha value is -1.62. The molecule has 0 saturated carbocycles. The van der Waals surface area contributed by atoms with Crippen LogP contribution in [0, 0.1) is 13.8 Å². The summed E-state index contributed by atoms with van der Waals surface area (Å²) in [6.07, 6.45) is 0. The summed E-state index contributed by atoms with van der Waals surface area (Å²) in [7, 11) is 1.87. The summed E-state index contributed by atoms with van der Waals surface area (Å²) in [5.41, 5.74) is 3.46. The Balaban J connectivity index is 2.22. The number of carbonyl (C=O) groups is 2. The van der Waals surface area contributed by atoms with Crippen molar-refractivity contribution in [2.24, 2.45) is 0 Å². The molecule has 1 atom stereocenters. The maximum absolute atomic E-state index is 12.9. The fourth-order valence-corrected chi connectivity index (χ4v) is 3.63. The van der Waals surface area contributed by atoms with Crippen molar-refractivity contribution in [3.05, 3.63) is 56.3 Å². The van der Waals surface area contributed by atoms with E-state index in [4.69, 9.17) is 23.2 Å². The third-order valence-electron chi connectivity index (χ3n) is 4.43. The average molecular weight is 381 g/mol. The lowest BCUT2D eigenvalue weighted by Crippen LogP contribution is -2.36. The number of aromatic amines is 1. The lowest BCUT2D eigenvalue weighted by atomic mass is 10.0. The molecule has 2 rings (SSSR count). The second-order valence-electron chi connectivity index (χ2n) is 6.41. The molecule has 1 N–H and O–H groups in total. The standard InChI is InChI=1S/C19H22Cl2N2O2/c1-10-17(13(4)24)11(2)22-18(10)19(25)12(3)23(5)9-14-6-15(20)8-16(21)7-14/h6-8,12,22H,9H2,1-5H3. The van der Waals surface area contributed by atoms with Crippen molar-refractivity contribution in [3.8, 4) is 0 Å². The van der Waals surface area contributed by atoms with Gasteiger partial charge in [-0.2, -0.15) is 0 Å². The van der Waals surface area contributed by atoms with Crippen molar-refractivity contribution in [1.29, 1.82) is 0 Å². The molecular formula is C19H22Cl2N2O2. The second-order valence-corrected chi connectivity index (χ2v) is 7.29. The van der Waals surface area contributed by atoms with Gasteiger partial charge in [0.1, 0.15) is 0 Å². The first kappa shape index (κ1) is 19.7. The Bertz CT molecular complexity index is 807. The SMILES string of the molecule is CC(=O)c1c(C)[nH]c(C(=O)C(C)N(C)Cc2cc(Cl)cc(Cl)c2)c1C. The summed E-state index contributed by atoms with van der Waals surface area (Å²) < 4.78 is 0. The van der Waals surface area contributed by atoms with Crippen LogP contribution in [0.4, 0.5) is 0 Å². The van der Waals surface area contributed by atoms with Gasteiger partial charge < -0.3 is 4.98 Å². The number of nitrogens with one attached hydrogen (secondary N) is 1. The Morgan fingerprint density at radius 1 is 1.16 bits per heavy atom. The number of nitrogens with zero attached hydrogens (tertiary/aromatic N) is 1. The summed E-state index contributed by atoms with van der Waals surface area (Å²) in [4.78, 5) is 29.6. The van der Waals surface area contributed by atoms with Crippen molar-refractivity contribution in [2.45, 2.75) is 40.3 Å². The highest BCUT2D eigenvalue weighted by molar-refractivity contribution is 6.34. The van der Waals surface area contributed by atoms with Crippen LogP contribution in [0.5, 0.6) is 0 Å². The molecule has 4 nitrogen and oxygen atoms in total. The van der Waals surface area contributed by atoms with Crippen LogP contribution in [-0.2, 0) is 6.54 Å². The number of rotatable bonds is 6. The van der Waals surface area contributed by atoms with E-state index in [1.807, 2.05) is 37.9 Å². The number of likely N-dealkylation sites (N-methyl/N-ethyl adjacent to an activating group) is 1. The first-order valence-corrected chi connectivity index (χ1v) is 8.77. The molecule has 0 saturated heterocycles. The van der Waals surface area contributed by atoms with E-state index < -0.39 is 0 Å². The number of hydrogen-bond acceptors (Lipinski definition) is 3. The Kier molecular flexibility index (Phi) is 6.09. The highest BCUT2D eigenvalue weighted by Gasteiger charge is 2.26. The Morgan fingerprint density at radius 3 is 2.20 bits per heavy atom. The van der Waals surface area contributed by atoms with Gasteiger partial charge in [-0.1, -0.05) is 23.2 Å². The lowest BCUT2D eigenvalue weighted by Gasteiger charge is -2.23. The van der Waals surface area contributed by atoms with Gasteiger partial charge in [-0.05, 0) is 64.1 Å². The van der Waals surface area contributed by atoms with Crippen LogP contribution in [-0.4, -0.2) is 34.5 Å². The molecular weight excluding hydrogens is 359 g/mol. The Labute approximate surface area is 158 Å². The minimum atomic E-state index is -0.366. The number of aryl methyl sites for hydroxylation is 1. The molecule has 0 aliphatic heterocycles. The summed E-state index contributed by atoms with van der Waals surface area (Å²) >= 11 is 12.1. The van der Waals surface area contributed by atoms with E-state index in [0.717, 1.165) is 11.3 Å². The smallest absolute Gasteiger partial charge is 0.196 e. The van der Waals surface area contributed by atoms with Crippen molar-refractivity contribution in [2.75, 3.05) is 7.05 Å². The number of ketones is 2. The van der Waals surface area contributed by atoms with Crippen LogP contribution in [0.1, 0.15) is 51.5 Å². The third kappa shape index (κ3) is 4.32. The molecule has 6 heteroatoms. The molecule has 0 amide bonds. The fourth-order valence-electron chi connectivity index (χ4n) is 3.06. The van der Waals surface area contributed by atoms with E-state index in [1.54, 1.807) is 13.0 Å². The predicted molar refractivity (Wildman–Crippen MR) is 102 cm³/mol. The van der Waals surface area contributed by atoms with Crippen LogP contribution < -0.4 is 0 Å². The zero-order valence-corrected chi connectivity index (χ0v) is 16.5. The number of Topliss-reactive ketones (excluding diaryl/α,β-unsaturated/α-hetero) is 2. The number of halogens is 2. The van der Waals surface area contributed by atoms with Gasteiger partial charge in [-0.3, -0.25) is 14.5 Å². The molecule has 0 aliphatic rings. The largest absolute Gasteiger partial charge is 0.355 e. The van der Waals surface area contributed by atoms with Crippen molar-refractivity contribution in [3.63, 3.8) is 0 Å². The normalized spacial score (nSPS) is 12.5. The lowest BCUT2D eigenvalue weighted by molar-refractivity contribution is 0.0856. The van der Waals surface area contributed by atoms with Crippen molar-refractivity contribution >= 4 is 34.8 Å². The van der Waals surface area contributed by atoms with E-state index in [0.29, 0.717) is 33.4 Å². The maximum atomic E-state index is 12.9.